The van der Waals surface area contributed by atoms with E-state index in [1.54, 1.807) is 6.92 Å². The van der Waals surface area contributed by atoms with Gasteiger partial charge in [-0.15, -0.1) is 0 Å². The average molecular weight is 345 g/mol. The van der Waals surface area contributed by atoms with Crippen LogP contribution in [-0.4, -0.2) is 31.6 Å². The number of esters is 1. The Hall–Kier alpha value is -2.50. The Labute approximate surface area is 146 Å². The van der Waals surface area contributed by atoms with Crippen molar-refractivity contribution < 1.29 is 23.5 Å². The molecule has 1 aliphatic carbocycles. The third kappa shape index (κ3) is 4.13. The number of benzene rings is 1. The number of methoxy groups -OCH3 is 1. The third-order valence-electron chi connectivity index (χ3n) is 4.40. The van der Waals surface area contributed by atoms with Gasteiger partial charge in [0.25, 0.3) is 5.91 Å². The Morgan fingerprint density at radius 1 is 1.28 bits per heavy atom. The summed E-state index contributed by atoms with van der Waals surface area (Å²) in [4.78, 5) is 23.1. The Kier molecular flexibility index (Phi) is 5.26. The summed E-state index contributed by atoms with van der Waals surface area (Å²) in [6, 6.07) is 5.34. The van der Waals surface area contributed by atoms with Gasteiger partial charge in [0.15, 0.2) is 6.61 Å². The normalized spacial score (nSPS) is 14.6. The summed E-state index contributed by atoms with van der Waals surface area (Å²) in [5.41, 5.74) is 2.14. The van der Waals surface area contributed by atoms with Gasteiger partial charge >= 0.3 is 5.97 Å². The molecule has 1 aromatic heterocycles. The molecule has 1 aromatic carbocycles. The monoisotopic (exact) mass is 345 g/mol. The van der Waals surface area contributed by atoms with Gasteiger partial charge < -0.3 is 19.2 Å². The van der Waals surface area contributed by atoms with Crippen LogP contribution in [0, 0.1) is 0 Å². The highest BCUT2D eigenvalue weighted by atomic mass is 16.5. The Morgan fingerprint density at radius 3 is 2.88 bits per heavy atom. The van der Waals surface area contributed by atoms with E-state index >= 15 is 0 Å². The number of amides is 1. The largest absolute Gasteiger partial charge is 0.484 e. The van der Waals surface area contributed by atoms with E-state index in [9.17, 15) is 9.59 Å². The maximum Gasteiger partial charge on any atom is 0.307 e. The van der Waals surface area contributed by atoms with Gasteiger partial charge in [0.05, 0.1) is 13.5 Å². The first kappa shape index (κ1) is 17.3. The van der Waals surface area contributed by atoms with Gasteiger partial charge in [0, 0.05) is 23.4 Å². The zero-order valence-corrected chi connectivity index (χ0v) is 14.6. The fourth-order valence-corrected chi connectivity index (χ4v) is 3.18. The van der Waals surface area contributed by atoms with Gasteiger partial charge in [-0.1, -0.05) is 0 Å². The third-order valence-corrected chi connectivity index (χ3v) is 4.40. The molecule has 1 N–H and O–H groups in total. The molecule has 3 rings (SSSR count). The lowest BCUT2D eigenvalue weighted by atomic mass is 9.96. The molecule has 0 aliphatic heterocycles. The van der Waals surface area contributed by atoms with E-state index in [1.165, 1.54) is 25.5 Å². The van der Waals surface area contributed by atoms with E-state index in [0.29, 0.717) is 5.75 Å². The lowest BCUT2D eigenvalue weighted by Gasteiger charge is -2.13. The number of aryl methyl sites for hydroxylation is 2. The quantitative estimate of drug-likeness (QED) is 0.815. The van der Waals surface area contributed by atoms with Crippen LogP contribution in [0.4, 0.5) is 0 Å². The molecule has 0 bridgehead atoms. The molecule has 6 nitrogen and oxygen atoms in total. The summed E-state index contributed by atoms with van der Waals surface area (Å²) < 4.78 is 16.1. The van der Waals surface area contributed by atoms with Crippen LogP contribution in [-0.2, 0) is 27.2 Å². The Balaban J connectivity index is 1.59. The molecule has 134 valence electrons. The fraction of sp³-hybridized carbons (Fsp3) is 0.474. The van der Waals surface area contributed by atoms with Crippen molar-refractivity contribution in [3.8, 4) is 5.75 Å². The minimum Gasteiger partial charge on any atom is -0.484 e. The maximum absolute atomic E-state index is 11.9. The molecular weight excluding hydrogens is 322 g/mol. The van der Waals surface area contributed by atoms with Gasteiger partial charge in [-0.3, -0.25) is 9.59 Å². The predicted molar refractivity (Wildman–Crippen MR) is 92.6 cm³/mol. The van der Waals surface area contributed by atoms with Crippen molar-refractivity contribution in [2.45, 2.75) is 45.1 Å². The van der Waals surface area contributed by atoms with Crippen molar-refractivity contribution >= 4 is 22.8 Å². The first-order valence-corrected chi connectivity index (χ1v) is 8.60. The second-order valence-corrected chi connectivity index (χ2v) is 6.41. The highest BCUT2D eigenvalue weighted by Gasteiger charge is 2.18. The number of furan rings is 1. The van der Waals surface area contributed by atoms with Gasteiger partial charge in [0.1, 0.15) is 17.1 Å². The van der Waals surface area contributed by atoms with Crippen LogP contribution >= 0.6 is 0 Å². The van der Waals surface area contributed by atoms with Crippen molar-refractivity contribution in [1.82, 2.24) is 5.32 Å². The average Bonchev–Trinajstić information content (AvgIpc) is 2.97. The molecule has 1 amide bonds. The van der Waals surface area contributed by atoms with E-state index in [1.807, 2.05) is 18.2 Å². The van der Waals surface area contributed by atoms with Crippen LogP contribution in [0.25, 0.3) is 11.0 Å². The maximum atomic E-state index is 11.9. The minimum atomic E-state index is -0.357. The van der Waals surface area contributed by atoms with Crippen LogP contribution < -0.4 is 10.1 Å². The lowest BCUT2D eigenvalue weighted by molar-refractivity contribution is -0.141. The van der Waals surface area contributed by atoms with Gasteiger partial charge in [-0.2, -0.15) is 0 Å². The van der Waals surface area contributed by atoms with Crippen LogP contribution in [0.15, 0.2) is 22.6 Å². The summed E-state index contributed by atoms with van der Waals surface area (Å²) in [5.74, 6) is 1.08. The van der Waals surface area contributed by atoms with Crippen LogP contribution in [0.2, 0.25) is 0 Å². The molecule has 1 unspecified atom stereocenters. The number of hydrogen-bond donors (Lipinski definition) is 1. The van der Waals surface area contributed by atoms with Crippen LogP contribution in [0.3, 0.4) is 0 Å². The van der Waals surface area contributed by atoms with Gasteiger partial charge in [0.2, 0.25) is 0 Å². The standard InChI is InChI=1S/C19H23NO5/c1-12(9-19(22)23-2)20-18(21)11-24-13-7-8-17-15(10-13)14-5-3-4-6-16(14)25-17/h7-8,10,12H,3-6,9,11H2,1-2H3,(H,20,21). The molecule has 1 aliphatic rings. The number of fused-ring (bicyclic) bond motifs is 3. The lowest BCUT2D eigenvalue weighted by Crippen LogP contribution is -2.37. The molecule has 0 fully saturated rings. The van der Waals surface area contributed by atoms with Gasteiger partial charge in [-0.25, -0.2) is 0 Å². The Bertz CT molecular complexity index is 779. The summed E-state index contributed by atoms with van der Waals surface area (Å²) in [7, 11) is 1.32. The van der Waals surface area contributed by atoms with E-state index in [0.717, 1.165) is 29.6 Å². The number of ether oxygens (including phenoxy) is 2. The highest BCUT2D eigenvalue weighted by molar-refractivity contribution is 5.84. The molecule has 6 heteroatoms. The second kappa shape index (κ2) is 7.59. The highest BCUT2D eigenvalue weighted by Crippen LogP contribution is 2.33. The number of carbonyl (C=O) groups excluding carboxylic acids is 2. The summed E-state index contributed by atoms with van der Waals surface area (Å²) in [6.07, 6.45) is 4.49. The fourth-order valence-electron chi connectivity index (χ4n) is 3.18. The van der Waals surface area contributed by atoms with E-state index in [4.69, 9.17) is 9.15 Å². The topological polar surface area (TPSA) is 77.8 Å². The van der Waals surface area contributed by atoms with Crippen molar-refractivity contribution in [1.29, 1.82) is 0 Å². The van der Waals surface area contributed by atoms with Gasteiger partial charge in [-0.05, 0) is 44.4 Å². The van der Waals surface area contributed by atoms with E-state index in [2.05, 4.69) is 10.1 Å². The number of hydrogen-bond acceptors (Lipinski definition) is 5. The summed E-state index contributed by atoms with van der Waals surface area (Å²) in [6.45, 7) is 1.65. The predicted octanol–water partition coefficient (Wildman–Crippen LogP) is 2.76. The number of rotatable bonds is 6. The molecule has 25 heavy (non-hydrogen) atoms. The molecule has 0 spiro atoms. The van der Waals surface area contributed by atoms with E-state index in [-0.39, 0.29) is 30.9 Å². The van der Waals surface area contributed by atoms with E-state index < -0.39 is 0 Å². The Morgan fingerprint density at radius 2 is 2.08 bits per heavy atom. The summed E-state index contributed by atoms with van der Waals surface area (Å²) >= 11 is 0. The smallest absolute Gasteiger partial charge is 0.307 e. The van der Waals surface area contributed by atoms with Crippen LogP contribution in [0.1, 0.15) is 37.5 Å². The van der Waals surface area contributed by atoms with Crippen molar-refractivity contribution in [3.05, 3.63) is 29.5 Å². The first-order chi connectivity index (χ1) is 12.1. The van der Waals surface area contributed by atoms with Crippen molar-refractivity contribution in [2.24, 2.45) is 0 Å². The number of nitrogens with one attached hydrogen (secondary N) is 1. The molecule has 1 heterocycles. The number of carbonyl (C=O) groups is 2. The first-order valence-electron chi connectivity index (χ1n) is 8.60. The zero-order chi connectivity index (χ0) is 17.8. The zero-order valence-electron chi connectivity index (χ0n) is 14.6. The van der Waals surface area contributed by atoms with Crippen molar-refractivity contribution in [3.63, 3.8) is 0 Å². The molecule has 2 aromatic rings. The molecular formula is C19H23NO5. The van der Waals surface area contributed by atoms with Crippen LogP contribution in [0.5, 0.6) is 5.75 Å². The SMILES string of the molecule is COC(=O)CC(C)NC(=O)COc1ccc2oc3c(c2c1)CCCC3. The van der Waals surface area contributed by atoms with Crippen molar-refractivity contribution in [2.75, 3.05) is 13.7 Å². The molecule has 0 radical (unpaired) electrons. The molecule has 0 saturated carbocycles. The minimum absolute atomic E-state index is 0.100. The summed E-state index contributed by atoms with van der Waals surface area (Å²) in [5, 5.41) is 3.79. The second-order valence-electron chi connectivity index (χ2n) is 6.41. The molecule has 0 saturated heterocycles. The molecule has 1 atom stereocenters.